The second-order valence-corrected chi connectivity index (χ2v) is 11.6. The van der Waals surface area contributed by atoms with Crippen LogP contribution in [0.1, 0.15) is 62.6 Å². The molecule has 2 aromatic rings. The second kappa shape index (κ2) is 15.5. The molecule has 4 rings (SSSR count). The van der Waals surface area contributed by atoms with Crippen molar-refractivity contribution in [1.82, 2.24) is 25.4 Å². The number of ketones is 1. The van der Waals surface area contributed by atoms with Gasteiger partial charge in [0.15, 0.2) is 0 Å². The van der Waals surface area contributed by atoms with Gasteiger partial charge in [0.25, 0.3) is 5.91 Å². The topological polar surface area (TPSA) is 141 Å². The van der Waals surface area contributed by atoms with E-state index in [4.69, 9.17) is 4.74 Å². The molecule has 2 aliphatic rings. The van der Waals surface area contributed by atoms with E-state index >= 15 is 0 Å². The molecular weight excluding hydrogens is 550 g/mol. The number of carboxylic acid groups (broad SMARTS) is 1. The molecular formula is C32H43N5O6. The second-order valence-electron chi connectivity index (χ2n) is 11.6. The van der Waals surface area contributed by atoms with Gasteiger partial charge in [0.2, 0.25) is 5.78 Å². The van der Waals surface area contributed by atoms with Gasteiger partial charge < -0.3 is 25.4 Å². The maximum atomic E-state index is 13.7. The van der Waals surface area contributed by atoms with Crippen LogP contribution in [0.2, 0.25) is 0 Å². The number of urea groups is 1. The summed E-state index contributed by atoms with van der Waals surface area (Å²) in [6.07, 6.45) is 6.73. The molecule has 43 heavy (non-hydrogen) atoms. The number of morpholine rings is 1. The van der Waals surface area contributed by atoms with Gasteiger partial charge in [0.05, 0.1) is 19.3 Å². The fourth-order valence-electron chi connectivity index (χ4n) is 5.88. The van der Waals surface area contributed by atoms with Crippen molar-refractivity contribution in [2.75, 3.05) is 39.4 Å². The van der Waals surface area contributed by atoms with E-state index in [9.17, 15) is 24.3 Å². The molecule has 1 aromatic carbocycles. The summed E-state index contributed by atoms with van der Waals surface area (Å²) in [6.45, 7) is 4.43. The predicted molar refractivity (Wildman–Crippen MR) is 160 cm³/mol. The first-order valence-electron chi connectivity index (χ1n) is 15.2. The van der Waals surface area contributed by atoms with Crippen LogP contribution >= 0.6 is 0 Å². The van der Waals surface area contributed by atoms with E-state index in [2.05, 4.69) is 15.6 Å². The van der Waals surface area contributed by atoms with Crippen LogP contribution in [0.15, 0.2) is 54.9 Å². The Hall–Kier alpha value is -3.99. The predicted octanol–water partition coefficient (Wildman–Crippen LogP) is 3.80. The largest absolute Gasteiger partial charge is 0.465 e. The summed E-state index contributed by atoms with van der Waals surface area (Å²) in [5, 5.41) is 16.0. The number of hydrogen-bond acceptors (Lipinski definition) is 6. The Bertz CT molecular complexity index is 1220. The van der Waals surface area contributed by atoms with E-state index in [1.165, 1.54) is 4.90 Å². The van der Waals surface area contributed by atoms with E-state index in [0.29, 0.717) is 52.1 Å². The van der Waals surface area contributed by atoms with Gasteiger partial charge >= 0.3 is 12.1 Å². The van der Waals surface area contributed by atoms with Gasteiger partial charge in [-0.05, 0) is 74.1 Å². The molecule has 2 fully saturated rings. The maximum Gasteiger partial charge on any atom is 0.407 e. The molecule has 11 heteroatoms. The van der Waals surface area contributed by atoms with Crippen LogP contribution in [-0.2, 0) is 20.7 Å². The number of ether oxygens (including phenoxy) is 1. The van der Waals surface area contributed by atoms with Crippen molar-refractivity contribution in [2.45, 2.75) is 64.0 Å². The molecule has 4 amide bonds. The highest BCUT2D eigenvalue weighted by Crippen LogP contribution is 2.45. The molecule has 1 saturated carbocycles. The fraction of sp³-hybridized carbons (Fsp3) is 0.531. The fourth-order valence-corrected chi connectivity index (χ4v) is 5.88. The summed E-state index contributed by atoms with van der Waals surface area (Å²) in [5.41, 5.74) is 1.60. The molecule has 1 aromatic heterocycles. The molecule has 0 unspecified atom stereocenters. The molecule has 0 radical (unpaired) electrons. The summed E-state index contributed by atoms with van der Waals surface area (Å²) >= 11 is 0. The van der Waals surface area contributed by atoms with Crippen LogP contribution in [0.3, 0.4) is 0 Å². The van der Waals surface area contributed by atoms with Gasteiger partial charge in [-0.2, -0.15) is 0 Å². The standard InChI is InChI=1S/C32H43N5O6/c1-24(26-8-3-2-4-9-26)35-29(39)28(38)27(10-5-6-15-34-30(40)36-18-20-43-21-19-36)37(31(41)42)23-32(13-7-14-32)22-25-11-16-33-17-12-25/h2-4,8-9,11-12,16-17,24,27H,5-7,10,13-15,18-23H2,1H3,(H,34,40)(H,35,39)(H,41,42)/t24-,27+/m1/s1. The molecule has 0 spiro atoms. The highest BCUT2D eigenvalue weighted by molar-refractivity contribution is 6.38. The number of rotatable bonds is 14. The highest BCUT2D eigenvalue weighted by atomic mass is 16.5. The number of unbranched alkanes of at least 4 members (excludes halogenated alkanes) is 1. The Morgan fingerprint density at radius 1 is 1.05 bits per heavy atom. The van der Waals surface area contributed by atoms with Crippen molar-refractivity contribution >= 4 is 23.8 Å². The van der Waals surface area contributed by atoms with Crippen molar-refractivity contribution in [2.24, 2.45) is 5.41 Å². The van der Waals surface area contributed by atoms with Crippen molar-refractivity contribution in [1.29, 1.82) is 0 Å². The van der Waals surface area contributed by atoms with Gasteiger partial charge in [-0.15, -0.1) is 0 Å². The maximum absolute atomic E-state index is 13.7. The minimum atomic E-state index is -1.22. The molecule has 1 aliphatic carbocycles. The zero-order valence-electron chi connectivity index (χ0n) is 24.9. The monoisotopic (exact) mass is 593 g/mol. The summed E-state index contributed by atoms with van der Waals surface area (Å²) in [5.74, 6) is -1.56. The third-order valence-corrected chi connectivity index (χ3v) is 8.52. The van der Waals surface area contributed by atoms with Gasteiger partial charge in [-0.1, -0.05) is 36.8 Å². The number of nitrogens with zero attached hydrogens (tertiary/aromatic N) is 3. The number of nitrogens with one attached hydrogen (secondary N) is 2. The lowest BCUT2D eigenvalue weighted by Gasteiger charge is -2.46. The average molecular weight is 594 g/mol. The number of hydrogen-bond donors (Lipinski definition) is 3. The van der Waals surface area contributed by atoms with E-state index in [1.807, 2.05) is 42.5 Å². The molecule has 3 N–H and O–H groups in total. The van der Waals surface area contributed by atoms with E-state index < -0.39 is 29.9 Å². The van der Waals surface area contributed by atoms with Crippen molar-refractivity contribution in [3.05, 3.63) is 66.0 Å². The lowest BCUT2D eigenvalue weighted by molar-refractivity contribution is -0.141. The quantitative estimate of drug-likeness (QED) is 0.224. The third-order valence-electron chi connectivity index (χ3n) is 8.52. The Labute approximate surface area is 253 Å². The van der Waals surface area contributed by atoms with E-state index in [-0.39, 0.29) is 24.4 Å². The Morgan fingerprint density at radius 3 is 2.37 bits per heavy atom. The lowest BCUT2D eigenvalue weighted by Crippen LogP contribution is -2.55. The summed E-state index contributed by atoms with van der Waals surface area (Å²) in [6, 6.07) is 11.4. The third kappa shape index (κ3) is 9.00. The number of aromatic nitrogens is 1. The minimum absolute atomic E-state index is 0.163. The number of amides is 4. The first-order chi connectivity index (χ1) is 20.8. The van der Waals surface area contributed by atoms with Crippen LogP contribution in [0.5, 0.6) is 0 Å². The average Bonchev–Trinajstić information content (AvgIpc) is 3.01. The minimum Gasteiger partial charge on any atom is -0.465 e. The molecule has 2 atom stereocenters. The number of carbonyl (C=O) groups is 4. The molecule has 0 bridgehead atoms. The van der Waals surface area contributed by atoms with Gasteiger partial charge in [-0.3, -0.25) is 19.5 Å². The van der Waals surface area contributed by atoms with Crippen LogP contribution in [0.25, 0.3) is 0 Å². The normalized spacial score (nSPS) is 17.2. The first-order valence-corrected chi connectivity index (χ1v) is 15.2. The van der Waals surface area contributed by atoms with Crippen LogP contribution in [0.4, 0.5) is 9.59 Å². The lowest BCUT2D eigenvalue weighted by atomic mass is 9.65. The van der Waals surface area contributed by atoms with Crippen molar-refractivity contribution in [3.63, 3.8) is 0 Å². The highest BCUT2D eigenvalue weighted by Gasteiger charge is 2.43. The van der Waals surface area contributed by atoms with Crippen molar-refractivity contribution < 1.29 is 29.0 Å². The van der Waals surface area contributed by atoms with Gasteiger partial charge in [0.1, 0.15) is 6.04 Å². The molecule has 1 aliphatic heterocycles. The molecule has 2 heterocycles. The zero-order valence-corrected chi connectivity index (χ0v) is 24.9. The van der Waals surface area contributed by atoms with Crippen LogP contribution in [0, 0.1) is 5.41 Å². The summed E-state index contributed by atoms with van der Waals surface area (Å²) < 4.78 is 5.29. The first kappa shape index (κ1) is 31.9. The Balaban J connectivity index is 1.44. The van der Waals surface area contributed by atoms with Crippen molar-refractivity contribution in [3.8, 4) is 0 Å². The molecule has 232 valence electrons. The smallest absolute Gasteiger partial charge is 0.407 e. The van der Waals surface area contributed by atoms with Gasteiger partial charge in [0, 0.05) is 38.6 Å². The van der Waals surface area contributed by atoms with E-state index in [0.717, 1.165) is 30.4 Å². The summed E-state index contributed by atoms with van der Waals surface area (Å²) in [7, 11) is 0. The Morgan fingerprint density at radius 2 is 1.74 bits per heavy atom. The number of Topliss-reactive ketones (excluding diaryl/α,β-unsaturated/α-hetero) is 1. The SMILES string of the molecule is C[C@@H](NC(=O)C(=O)[C@H](CCCCNC(=O)N1CCOCC1)N(CC1(Cc2ccncc2)CCC1)C(=O)O)c1ccccc1. The molecule has 1 saturated heterocycles. The zero-order chi connectivity index (χ0) is 30.7. The van der Waals surface area contributed by atoms with Gasteiger partial charge in [-0.25, -0.2) is 9.59 Å². The van der Waals surface area contributed by atoms with Crippen LogP contribution in [-0.4, -0.2) is 89.1 Å². The molecule has 11 nitrogen and oxygen atoms in total. The van der Waals surface area contributed by atoms with Crippen LogP contribution < -0.4 is 10.6 Å². The van der Waals surface area contributed by atoms with E-state index in [1.54, 1.807) is 24.2 Å². The number of benzene rings is 1. The number of pyridine rings is 1. The Kier molecular flexibility index (Phi) is 11.5. The summed E-state index contributed by atoms with van der Waals surface area (Å²) in [4.78, 5) is 59.0. The number of carbonyl (C=O) groups excluding carboxylic acids is 3.